The van der Waals surface area contributed by atoms with Crippen LogP contribution in [0.2, 0.25) is 0 Å². The Morgan fingerprint density at radius 2 is 2.00 bits per heavy atom. The van der Waals surface area contributed by atoms with E-state index in [0.29, 0.717) is 6.04 Å². The molecule has 4 heteroatoms. The minimum absolute atomic E-state index is 0.620. The third-order valence-corrected chi connectivity index (χ3v) is 4.94. The standard InChI is InChI=1S/C19H30N4/c1-2-20-19(22-18-9-5-6-10-18)21-12-14-23-13-11-16-7-3-4-8-17(16)15-23/h3-4,7-8,18H,2,5-6,9-15H2,1H3,(H2,20,21,22). The Balaban J connectivity index is 1.48. The van der Waals surface area contributed by atoms with Gasteiger partial charge in [-0.2, -0.15) is 0 Å². The summed E-state index contributed by atoms with van der Waals surface area (Å²) in [6.45, 7) is 7.18. The summed E-state index contributed by atoms with van der Waals surface area (Å²) < 4.78 is 0. The number of guanidine groups is 1. The largest absolute Gasteiger partial charge is 0.357 e. The third kappa shape index (κ3) is 4.71. The molecule has 126 valence electrons. The lowest BCUT2D eigenvalue weighted by molar-refractivity contribution is 0.261. The molecular formula is C19H30N4. The van der Waals surface area contributed by atoms with Crippen molar-refractivity contribution in [1.82, 2.24) is 15.5 Å². The van der Waals surface area contributed by atoms with Crippen LogP contribution in [0.5, 0.6) is 0 Å². The quantitative estimate of drug-likeness (QED) is 0.648. The van der Waals surface area contributed by atoms with Gasteiger partial charge in [0, 0.05) is 32.2 Å². The number of hydrogen-bond acceptors (Lipinski definition) is 2. The van der Waals surface area contributed by atoms with Crippen LogP contribution in [0.15, 0.2) is 29.3 Å². The second-order valence-corrected chi connectivity index (χ2v) is 6.68. The molecule has 0 radical (unpaired) electrons. The van der Waals surface area contributed by atoms with Gasteiger partial charge in [-0.05, 0) is 37.3 Å². The lowest BCUT2D eigenvalue weighted by Crippen LogP contribution is -2.43. The molecule has 2 aliphatic rings. The molecule has 0 amide bonds. The summed E-state index contributed by atoms with van der Waals surface area (Å²) in [7, 11) is 0. The molecule has 1 fully saturated rings. The molecule has 1 aromatic carbocycles. The van der Waals surface area contributed by atoms with Crippen molar-refractivity contribution >= 4 is 5.96 Å². The number of aliphatic imine (C=N–C) groups is 1. The number of nitrogens with one attached hydrogen (secondary N) is 2. The Hall–Kier alpha value is -1.55. The highest BCUT2D eigenvalue weighted by atomic mass is 15.2. The van der Waals surface area contributed by atoms with Gasteiger partial charge in [-0.25, -0.2) is 0 Å². The molecule has 0 bridgehead atoms. The first-order chi connectivity index (χ1) is 11.3. The minimum atomic E-state index is 0.620. The summed E-state index contributed by atoms with van der Waals surface area (Å²) in [5.41, 5.74) is 3.00. The van der Waals surface area contributed by atoms with Gasteiger partial charge in [0.15, 0.2) is 5.96 Å². The minimum Gasteiger partial charge on any atom is -0.357 e. The smallest absolute Gasteiger partial charge is 0.191 e. The molecule has 0 aromatic heterocycles. The van der Waals surface area contributed by atoms with Crippen molar-refractivity contribution in [3.05, 3.63) is 35.4 Å². The van der Waals surface area contributed by atoms with E-state index in [4.69, 9.17) is 4.99 Å². The van der Waals surface area contributed by atoms with Crippen molar-refractivity contribution in [2.45, 2.75) is 51.6 Å². The molecule has 3 rings (SSSR count). The summed E-state index contributed by atoms with van der Waals surface area (Å²) in [4.78, 5) is 7.30. The average Bonchev–Trinajstić information content (AvgIpc) is 3.08. The number of hydrogen-bond donors (Lipinski definition) is 2. The molecule has 0 atom stereocenters. The van der Waals surface area contributed by atoms with Crippen molar-refractivity contribution in [1.29, 1.82) is 0 Å². The first-order valence-electron chi connectivity index (χ1n) is 9.19. The molecule has 23 heavy (non-hydrogen) atoms. The average molecular weight is 314 g/mol. The van der Waals surface area contributed by atoms with Gasteiger partial charge in [0.2, 0.25) is 0 Å². The molecular weight excluding hydrogens is 284 g/mol. The van der Waals surface area contributed by atoms with Crippen LogP contribution in [-0.2, 0) is 13.0 Å². The highest BCUT2D eigenvalue weighted by Gasteiger charge is 2.17. The Morgan fingerprint density at radius 1 is 1.22 bits per heavy atom. The molecule has 1 aliphatic heterocycles. The number of benzene rings is 1. The van der Waals surface area contributed by atoms with Gasteiger partial charge in [-0.1, -0.05) is 37.1 Å². The van der Waals surface area contributed by atoms with Crippen LogP contribution >= 0.6 is 0 Å². The molecule has 1 saturated carbocycles. The summed E-state index contributed by atoms with van der Waals surface area (Å²) in [5.74, 6) is 0.997. The van der Waals surface area contributed by atoms with Crippen LogP contribution in [0.25, 0.3) is 0 Å². The van der Waals surface area contributed by atoms with Crippen molar-refractivity contribution in [2.24, 2.45) is 4.99 Å². The zero-order valence-electron chi connectivity index (χ0n) is 14.4. The Morgan fingerprint density at radius 3 is 2.78 bits per heavy atom. The zero-order valence-corrected chi connectivity index (χ0v) is 14.4. The SMILES string of the molecule is CCNC(=NCCN1CCc2ccccc2C1)NC1CCCC1. The highest BCUT2D eigenvalue weighted by Crippen LogP contribution is 2.18. The summed E-state index contributed by atoms with van der Waals surface area (Å²) >= 11 is 0. The molecule has 4 nitrogen and oxygen atoms in total. The second kappa shape index (κ2) is 8.34. The van der Waals surface area contributed by atoms with Gasteiger partial charge in [0.25, 0.3) is 0 Å². The molecule has 0 spiro atoms. The van der Waals surface area contributed by atoms with Gasteiger partial charge in [0.05, 0.1) is 6.54 Å². The molecule has 0 unspecified atom stereocenters. The van der Waals surface area contributed by atoms with Crippen LogP contribution in [0, 0.1) is 0 Å². The van der Waals surface area contributed by atoms with Gasteiger partial charge in [0.1, 0.15) is 0 Å². The number of rotatable bonds is 5. The predicted molar refractivity (Wildman–Crippen MR) is 96.8 cm³/mol. The summed E-state index contributed by atoms with van der Waals surface area (Å²) in [6.07, 6.45) is 6.44. The molecule has 1 aromatic rings. The van der Waals surface area contributed by atoms with E-state index in [9.17, 15) is 0 Å². The fourth-order valence-electron chi connectivity index (χ4n) is 3.63. The topological polar surface area (TPSA) is 39.7 Å². The summed E-state index contributed by atoms with van der Waals surface area (Å²) in [6, 6.07) is 9.44. The number of fused-ring (bicyclic) bond motifs is 1. The van der Waals surface area contributed by atoms with Crippen molar-refractivity contribution in [2.75, 3.05) is 26.2 Å². The third-order valence-electron chi connectivity index (χ3n) is 4.94. The van der Waals surface area contributed by atoms with Crippen molar-refractivity contribution in [3.8, 4) is 0 Å². The fraction of sp³-hybridized carbons (Fsp3) is 0.632. The van der Waals surface area contributed by atoms with Crippen LogP contribution in [0.3, 0.4) is 0 Å². The van der Waals surface area contributed by atoms with Crippen LogP contribution < -0.4 is 10.6 Å². The molecule has 2 N–H and O–H groups in total. The highest BCUT2D eigenvalue weighted by molar-refractivity contribution is 5.80. The first-order valence-corrected chi connectivity index (χ1v) is 9.19. The van der Waals surface area contributed by atoms with E-state index in [2.05, 4.69) is 46.7 Å². The van der Waals surface area contributed by atoms with Crippen LogP contribution in [-0.4, -0.2) is 43.1 Å². The Bertz CT molecular complexity index is 520. The molecule has 1 aliphatic carbocycles. The normalized spacial score (nSPS) is 19.6. The van der Waals surface area contributed by atoms with Crippen LogP contribution in [0.1, 0.15) is 43.7 Å². The van der Waals surface area contributed by atoms with Gasteiger partial charge >= 0.3 is 0 Å². The van der Waals surface area contributed by atoms with E-state index in [0.717, 1.165) is 38.7 Å². The second-order valence-electron chi connectivity index (χ2n) is 6.68. The van der Waals surface area contributed by atoms with Gasteiger partial charge in [-0.3, -0.25) is 9.89 Å². The molecule has 0 saturated heterocycles. The fourth-order valence-corrected chi connectivity index (χ4v) is 3.63. The van der Waals surface area contributed by atoms with E-state index < -0.39 is 0 Å². The zero-order chi connectivity index (χ0) is 15.9. The van der Waals surface area contributed by atoms with Gasteiger partial charge < -0.3 is 10.6 Å². The first kappa shape index (κ1) is 16.3. The van der Waals surface area contributed by atoms with E-state index in [-0.39, 0.29) is 0 Å². The van der Waals surface area contributed by atoms with Gasteiger partial charge in [-0.15, -0.1) is 0 Å². The maximum Gasteiger partial charge on any atom is 0.191 e. The Kier molecular flexibility index (Phi) is 5.92. The van der Waals surface area contributed by atoms with E-state index in [1.54, 1.807) is 0 Å². The lowest BCUT2D eigenvalue weighted by Gasteiger charge is -2.28. The monoisotopic (exact) mass is 314 g/mol. The van der Waals surface area contributed by atoms with Crippen molar-refractivity contribution < 1.29 is 0 Å². The van der Waals surface area contributed by atoms with E-state index in [1.807, 2.05) is 0 Å². The number of nitrogens with zero attached hydrogens (tertiary/aromatic N) is 2. The lowest BCUT2D eigenvalue weighted by atomic mass is 10.0. The predicted octanol–water partition coefficient (Wildman–Crippen LogP) is 2.54. The van der Waals surface area contributed by atoms with E-state index >= 15 is 0 Å². The summed E-state index contributed by atoms with van der Waals surface area (Å²) in [5, 5.41) is 6.97. The maximum atomic E-state index is 4.78. The van der Waals surface area contributed by atoms with Crippen LogP contribution in [0.4, 0.5) is 0 Å². The van der Waals surface area contributed by atoms with Crippen molar-refractivity contribution in [3.63, 3.8) is 0 Å². The Labute approximate surface area is 140 Å². The molecule has 1 heterocycles. The maximum absolute atomic E-state index is 4.78. The van der Waals surface area contributed by atoms with E-state index in [1.165, 1.54) is 43.2 Å².